The summed E-state index contributed by atoms with van der Waals surface area (Å²) in [7, 11) is 0. The minimum atomic E-state index is -0.128. The molecule has 1 aliphatic heterocycles. The highest BCUT2D eigenvalue weighted by molar-refractivity contribution is 7.99. The van der Waals surface area contributed by atoms with Crippen molar-refractivity contribution in [2.75, 3.05) is 5.75 Å². The molecule has 4 nitrogen and oxygen atoms in total. The molecule has 2 heterocycles. The Hall–Kier alpha value is -1.53. The minimum absolute atomic E-state index is 0.0946. The molecule has 2 aromatic rings. The Morgan fingerprint density at radius 3 is 2.95 bits per heavy atom. The van der Waals surface area contributed by atoms with Crippen LogP contribution in [0.3, 0.4) is 0 Å². The number of nitrogens with zero attached hydrogens (tertiary/aromatic N) is 1. The van der Waals surface area contributed by atoms with E-state index >= 15 is 0 Å². The summed E-state index contributed by atoms with van der Waals surface area (Å²) in [6.07, 6.45) is 0.963. The molecule has 0 unspecified atom stereocenters. The van der Waals surface area contributed by atoms with Crippen LogP contribution in [-0.4, -0.2) is 16.8 Å². The number of aromatic nitrogens is 1. The van der Waals surface area contributed by atoms with Crippen LogP contribution >= 0.6 is 23.1 Å². The fourth-order valence-corrected chi connectivity index (χ4v) is 4.47. The third-order valence-corrected chi connectivity index (χ3v) is 5.93. The van der Waals surface area contributed by atoms with E-state index in [2.05, 4.69) is 27.8 Å². The van der Waals surface area contributed by atoms with E-state index in [1.165, 1.54) is 15.3 Å². The molecule has 6 heteroatoms. The van der Waals surface area contributed by atoms with Crippen molar-refractivity contribution in [3.63, 3.8) is 0 Å². The summed E-state index contributed by atoms with van der Waals surface area (Å²) in [5, 5.41) is 6.94. The molecule has 2 amide bonds. The minimum Gasteiger partial charge on any atom is -0.332 e. The standard InChI is InChI=1S/C16H19N3OS2/c1-10-11(2)22-15(18-10)9-17-16(20)19-13-7-8-21-14-6-4-3-5-12(13)14/h3-6,13H,7-9H2,1-2H3,(H2,17,19,20)/t13-/m1/s1. The third-order valence-electron chi connectivity index (χ3n) is 3.74. The number of hydrogen-bond acceptors (Lipinski definition) is 4. The van der Waals surface area contributed by atoms with Gasteiger partial charge in [0, 0.05) is 15.5 Å². The van der Waals surface area contributed by atoms with E-state index < -0.39 is 0 Å². The van der Waals surface area contributed by atoms with Crippen molar-refractivity contribution >= 4 is 29.1 Å². The number of fused-ring (bicyclic) bond motifs is 1. The number of rotatable bonds is 3. The number of carbonyl (C=O) groups is 1. The molecule has 0 fully saturated rings. The number of carbonyl (C=O) groups excluding carboxylic acids is 1. The predicted octanol–water partition coefficient (Wildman–Crippen LogP) is 3.80. The van der Waals surface area contributed by atoms with Gasteiger partial charge in [-0.25, -0.2) is 9.78 Å². The number of hydrogen-bond donors (Lipinski definition) is 2. The Morgan fingerprint density at radius 2 is 2.18 bits per heavy atom. The number of thiazole rings is 1. The number of amides is 2. The first-order chi connectivity index (χ1) is 10.6. The zero-order valence-corrected chi connectivity index (χ0v) is 14.3. The highest BCUT2D eigenvalue weighted by Gasteiger charge is 2.21. The maximum atomic E-state index is 12.1. The third kappa shape index (κ3) is 3.44. The van der Waals surface area contributed by atoms with Crippen LogP contribution < -0.4 is 10.6 Å². The molecule has 0 spiro atoms. The maximum Gasteiger partial charge on any atom is 0.315 e. The number of aryl methyl sites for hydroxylation is 2. The van der Waals surface area contributed by atoms with Crippen LogP contribution in [0.15, 0.2) is 29.2 Å². The Labute approximate surface area is 138 Å². The van der Waals surface area contributed by atoms with Crippen molar-refractivity contribution in [3.8, 4) is 0 Å². The quantitative estimate of drug-likeness (QED) is 0.898. The molecular formula is C16H19N3OS2. The fraction of sp³-hybridized carbons (Fsp3) is 0.375. The molecule has 0 saturated carbocycles. The topological polar surface area (TPSA) is 54.0 Å². The first kappa shape index (κ1) is 15.4. The highest BCUT2D eigenvalue weighted by Crippen LogP contribution is 2.35. The fourth-order valence-electron chi connectivity index (χ4n) is 2.47. The second kappa shape index (κ2) is 6.71. The van der Waals surface area contributed by atoms with Crippen molar-refractivity contribution < 1.29 is 4.79 Å². The highest BCUT2D eigenvalue weighted by atomic mass is 32.2. The number of benzene rings is 1. The van der Waals surface area contributed by atoms with Gasteiger partial charge >= 0.3 is 6.03 Å². The average molecular weight is 333 g/mol. The molecule has 0 bridgehead atoms. The van der Waals surface area contributed by atoms with E-state index in [0.717, 1.165) is 22.9 Å². The summed E-state index contributed by atoms with van der Waals surface area (Å²) in [4.78, 5) is 19.0. The molecule has 1 aliphatic rings. The molecule has 0 radical (unpaired) electrons. The SMILES string of the molecule is Cc1nc(CNC(=O)N[C@@H]2CCSc3ccccc32)sc1C. The van der Waals surface area contributed by atoms with Gasteiger partial charge in [-0.2, -0.15) is 0 Å². The van der Waals surface area contributed by atoms with Gasteiger partial charge in [0.05, 0.1) is 18.3 Å². The molecule has 3 rings (SSSR count). The van der Waals surface area contributed by atoms with Gasteiger partial charge in [0.25, 0.3) is 0 Å². The van der Waals surface area contributed by atoms with Crippen LogP contribution in [0.4, 0.5) is 4.79 Å². The Bertz CT molecular complexity index is 664. The largest absolute Gasteiger partial charge is 0.332 e. The van der Waals surface area contributed by atoms with Crippen molar-refractivity contribution in [1.29, 1.82) is 0 Å². The lowest BCUT2D eigenvalue weighted by Crippen LogP contribution is -2.38. The molecule has 0 saturated heterocycles. The summed E-state index contributed by atoms with van der Waals surface area (Å²) in [5.41, 5.74) is 2.26. The molecule has 0 aliphatic carbocycles. The number of urea groups is 1. The molecule has 116 valence electrons. The molecular weight excluding hydrogens is 314 g/mol. The summed E-state index contributed by atoms with van der Waals surface area (Å²) in [6, 6.07) is 8.25. The van der Waals surface area contributed by atoms with E-state index in [4.69, 9.17) is 0 Å². The number of nitrogens with one attached hydrogen (secondary N) is 2. The van der Waals surface area contributed by atoms with Crippen LogP contribution in [0.5, 0.6) is 0 Å². The maximum absolute atomic E-state index is 12.1. The summed E-state index contributed by atoms with van der Waals surface area (Å²) < 4.78 is 0. The zero-order valence-electron chi connectivity index (χ0n) is 12.7. The molecule has 1 atom stereocenters. The van der Waals surface area contributed by atoms with E-state index in [-0.39, 0.29) is 12.1 Å². The summed E-state index contributed by atoms with van der Waals surface area (Å²) in [5.74, 6) is 1.03. The molecule has 2 N–H and O–H groups in total. The smallest absolute Gasteiger partial charge is 0.315 e. The van der Waals surface area contributed by atoms with Crippen molar-refractivity contribution in [2.24, 2.45) is 0 Å². The van der Waals surface area contributed by atoms with Crippen LogP contribution in [0, 0.1) is 13.8 Å². The number of thioether (sulfide) groups is 1. The summed E-state index contributed by atoms with van der Waals surface area (Å²) >= 11 is 3.49. The van der Waals surface area contributed by atoms with Gasteiger partial charge in [0.1, 0.15) is 5.01 Å². The van der Waals surface area contributed by atoms with Crippen LogP contribution in [-0.2, 0) is 6.54 Å². The first-order valence-electron chi connectivity index (χ1n) is 7.32. The average Bonchev–Trinajstić information content (AvgIpc) is 2.84. The summed E-state index contributed by atoms with van der Waals surface area (Å²) in [6.45, 7) is 4.52. The van der Waals surface area contributed by atoms with Crippen molar-refractivity contribution in [1.82, 2.24) is 15.6 Å². The van der Waals surface area contributed by atoms with Gasteiger partial charge < -0.3 is 10.6 Å². The van der Waals surface area contributed by atoms with E-state index in [1.54, 1.807) is 11.3 Å². The molecule has 22 heavy (non-hydrogen) atoms. The molecule has 1 aromatic heterocycles. The van der Waals surface area contributed by atoms with Gasteiger partial charge in [-0.05, 0) is 31.9 Å². The van der Waals surface area contributed by atoms with E-state index in [9.17, 15) is 4.79 Å². The van der Waals surface area contributed by atoms with Gasteiger partial charge in [-0.1, -0.05) is 18.2 Å². The van der Waals surface area contributed by atoms with Gasteiger partial charge in [-0.3, -0.25) is 0 Å². The second-order valence-electron chi connectivity index (χ2n) is 5.30. The van der Waals surface area contributed by atoms with Crippen LogP contribution in [0.25, 0.3) is 0 Å². The second-order valence-corrected chi connectivity index (χ2v) is 7.73. The van der Waals surface area contributed by atoms with E-state index in [0.29, 0.717) is 6.54 Å². The lowest BCUT2D eigenvalue weighted by Gasteiger charge is -2.25. The van der Waals surface area contributed by atoms with Gasteiger partial charge in [0.15, 0.2) is 0 Å². The van der Waals surface area contributed by atoms with Crippen LogP contribution in [0.1, 0.15) is 33.6 Å². The monoisotopic (exact) mass is 333 g/mol. The van der Waals surface area contributed by atoms with Crippen LogP contribution in [0.2, 0.25) is 0 Å². The lowest BCUT2D eigenvalue weighted by atomic mass is 10.0. The van der Waals surface area contributed by atoms with E-state index in [1.807, 2.05) is 37.7 Å². The normalized spacial score (nSPS) is 16.9. The zero-order chi connectivity index (χ0) is 15.5. The Morgan fingerprint density at radius 1 is 1.36 bits per heavy atom. The van der Waals surface area contributed by atoms with Gasteiger partial charge in [0.2, 0.25) is 0 Å². The van der Waals surface area contributed by atoms with Crippen molar-refractivity contribution in [2.45, 2.75) is 37.8 Å². The molecule has 1 aromatic carbocycles. The van der Waals surface area contributed by atoms with Crippen molar-refractivity contribution in [3.05, 3.63) is 45.4 Å². The predicted molar refractivity (Wildman–Crippen MR) is 91.5 cm³/mol. The Balaban J connectivity index is 1.58. The Kier molecular flexibility index (Phi) is 4.69. The first-order valence-corrected chi connectivity index (χ1v) is 9.12. The van der Waals surface area contributed by atoms with Gasteiger partial charge in [-0.15, -0.1) is 23.1 Å². The lowest BCUT2D eigenvalue weighted by molar-refractivity contribution is 0.236.